The van der Waals surface area contributed by atoms with Crippen molar-refractivity contribution >= 4 is 27.5 Å². The van der Waals surface area contributed by atoms with Gasteiger partial charge in [-0.3, -0.25) is 4.79 Å². The minimum Gasteiger partial charge on any atom is -0.618 e. The van der Waals surface area contributed by atoms with Crippen molar-refractivity contribution in [2.45, 2.75) is 39.0 Å². The second kappa shape index (κ2) is 5.64. The third-order valence-corrected chi connectivity index (χ3v) is 5.19. The van der Waals surface area contributed by atoms with E-state index in [-0.39, 0.29) is 5.91 Å². The van der Waals surface area contributed by atoms with E-state index < -0.39 is 0 Å². The average Bonchev–Trinajstić information content (AvgIpc) is 2.93. The molecule has 0 radical (unpaired) electrons. The number of piperidine rings is 1. The van der Waals surface area contributed by atoms with Gasteiger partial charge in [-0.1, -0.05) is 25.2 Å². The maximum Gasteiger partial charge on any atom is 0.281 e. The standard InChI is InChI=1S/C16H20N2O2S/c1-11(2)12-6-9-18(20)16-13(12)10-14(21-16)15(19)17-7-4-3-5-8-17/h6,9-11H,3-5,7-8H2,1-2H3. The molecule has 3 rings (SSSR count). The Hall–Kier alpha value is -1.62. The Kier molecular flexibility index (Phi) is 3.85. The van der Waals surface area contributed by atoms with Crippen LogP contribution in [0.3, 0.4) is 0 Å². The fourth-order valence-corrected chi connectivity index (χ4v) is 3.96. The summed E-state index contributed by atoms with van der Waals surface area (Å²) in [6.07, 6.45) is 4.91. The first-order chi connectivity index (χ1) is 10.1. The summed E-state index contributed by atoms with van der Waals surface area (Å²) in [7, 11) is 0. The molecule has 2 aromatic heterocycles. The van der Waals surface area contributed by atoms with Crippen molar-refractivity contribution in [3.05, 3.63) is 34.0 Å². The highest BCUT2D eigenvalue weighted by atomic mass is 32.1. The number of thiophene rings is 1. The quantitative estimate of drug-likeness (QED) is 0.631. The molecule has 2 aromatic rings. The number of pyridine rings is 1. The van der Waals surface area contributed by atoms with Gasteiger partial charge in [-0.2, -0.15) is 4.73 Å². The summed E-state index contributed by atoms with van der Waals surface area (Å²) < 4.78 is 0.874. The molecule has 0 N–H and O–H groups in total. The zero-order valence-electron chi connectivity index (χ0n) is 12.5. The summed E-state index contributed by atoms with van der Waals surface area (Å²) in [5.41, 5.74) is 1.13. The number of carbonyl (C=O) groups is 1. The van der Waals surface area contributed by atoms with Crippen LogP contribution in [0, 0.1) is 5.21 Å². The molecule has 0 atom stereocenters. The maximum atomic E-state index is 12.6. The molecule has 1 aliphatic rings. The van der Waals surface area contributed by atoms with E-state index >= 15 is 0 Å². The van der Waals surface area contributed by atoms with Gasteiger partial charge in [0.05, 0.1) is 10.3 Å². The van der Waals surface area contributed by atoms with Gasteiger partial charge in [-0.15, -0.1) is 0 Å². The monoisotopic (exact) mass is 304 g/mol. The first-order valence-electron chi connectivity index (χ1n) is 7.53. The third-order valence-electron chi connectivity index (χ3n) is 4.09. The fraction of sp³-hybridized carbons (Fsp3) is 0.500. The Labute approximate surface area is 128 Å². The Morgan fingerprint density at radius 3 is 2.71 bits per heavy atom. The Morgan fingerprint density at radius 2 is 2.05 bits per heavy atom. The molecule has 0 saturated carbocycles. The lowest BCUT2D eigenvalue weighted by atomic mass is 10.0. The van der Waals surface area contributed by atoms with Gasteiger partial charge in [0.25, 0.3) is 10.7 Å². The smallest absolute Gasteiger partial charge is 0.281 e. The number of nitrogens with zero attached hydrogens (tertiary/aromatic N) is 2. The first kappa shape index (κ1) is 14.3. The van der Waals surface area contributed by atoms with Crippen molar-refractivity contribution in [1.29, 1.82) is 0 Å². The van der Waals surface area contributed by atoms with Crippen molar-refractivity contribution in [2.75, 3.05) is 13.1 Å². The number of hydrogen-bond donors (Lipinski definition) is 0. The molecule has 4 nitrogen and oxygen atoms in total. The fourth-order valence-electron chi connectivity index (χ4n) is 2.92. The molecular formula is C16H20N2O2S. The van der Waals surface area contributed by atoms with E-state index in [9.17, 15) is 10.0 Å². The maximum absolute atomic E-state index is 12.6. The molecule has 5 heteroatoms. The number of carbonyl (C=O) groups excluding carboxylic acids is 1. The first-order valence-corrected chi connectivity index (χ1v) is 8.34. The Morgan fingerprint density at radius 1 is 1.33 bits per heavy atom. The van der Waals surface area contributed by atoms with Gasteiger partial charge in [0.1, 0.15) is 0 Å². The topological polar surface area (TPSA) is 47.2 Å². The van der Waals surface area contributed by atoms with Crippen molar-refractivity contribution in [3.8, 4) is 0 Å². The van der Waals surface area contributed by atoms with Gasteiger partial charge in [-0.25, -0.2) is 0 Å². The molecule has 0 aliphatic carbocycles. The van der Waals surface area contributed by atoms with Crippen molar-refractivity contribution in [2.24, 2.45) is 0 Å². The van der Waals surface area contributed by atoms with E-state index in [1.165, 1.54) is 17.8 Å². The predicted octanol–water partition coefficient (Wildman–Crippen LogP) is 3.28. The van der Waals surface area contributed by atoms with E-state index in [2.05, 4.69) is 13.8 Å². The van der Waals surface area contributed by atoms with E-state index in [0.29, 0.717) is 15.6 Å². The van der Waals surface area contributed by atoms with Gasteiger partial charge < -0.3 is 10.1 Å². The summed E-state index contributed by atoms with van der Waals surface area (Å²) in [6.45, 7) is 5.88. The minimum absolute atomic E-state index is 0.0746. The van der Waals surface area contributed by atoms with E-state index in [1.54, 1.807) is 6.20 Å². The highest BCUT2D eigenvalue weighted by Crippen LogP contribution is 2.30. The highest BCUT2D eigenvalue weighted by Gasteiger charge is 2.23. The summed E-state index contributed by atoms with van der Waals surface area (Å²) in [6, 6.07) is 3.77. The van der Waals surface area contributed by atoms with Gasteiger partial charge in [0.2, 0.25) is 0 Å². The molecular weight excluding hydrogens is 284 g/mol. The van der Waals surface area contributed by atoms with Gasteiger partial charge >= 0.3 is 0 Å². The van der Waals surface area contributed by atoms with Crippen LogP contribution in [0.2, 0.25) is 0 Å². The van der Waals surface area contributed by atoms with Gasteiger partial charge in [0.15, 0.2) is 6.20 Å². The average molecular weight is 304 g/mol. The van der Waals surface area contributed by atoms with Crippen LogP contribution in [0.5, 0.6) is 0 Å². The van der Waals surface area contributed by atoms with Gasteiger partial charge in [0, 0.05) is 19.2 Å². The normalized spacial score (nSPS) is 15.9. The summed E-state index contributed by atoms with van der Waals surface area (Å²) in [4.78, 5) is 15.8. The van der Waals surface area contributed by atoms with Crippen LogP contribution in [0.1, 0.15) is 54.3 Å². The zero-order chi connectivity index (χ0) is 15.0. The van der Waals surface area contributed by atoms with Crippen LogP contribution in [0.25, 0.3) is 10.2 Å². The lowest BCUT2D eigenvalue weighted by molar-refractivity contribution is -0.574. The molecule has 21 heavy (non-hydrogen) atoms. The molecule has 0 bridgehead atoms. The van der Waals surface area contributed by atoms with Crippen molar-refractivity contribution < 1.29 is 9.52 Å². The van der Waals surface area contributed by atoms with Crippen LogP contribution in [-0.2, 0) is 0 Å². The molecule has 1 aliphatic heterocycles. The molecule has 1 fully saturated rings. The molecule has 0 aromatic carbocycles. The summed E-state index contributed by atoms with van der Waals surface area (Å²) in [5.74, 6) is 0.409. The Balaban J connectivity index is 2.02. The summed E-state index contributed by atoms with van der Waals surface area (Å²) >= 11 is 1.32. The highest BCUT2D eigenvalue weighted by molar-refractivity contribution is 7.20. The van der Waals surface area contributed by atoms with E-state index in [1.807, 2.05) is 17.0 Å². The minimum atomic E-state index is 0.0746. The van der Waals surface area contributed by atoms with Crippen molar-refractivity contribution in [1.82, 2.24) is 4.90 Å². The second-order valence-corrected chi connectivity index (χ2v) is 6.96. The second-order valence-electron chi connectivity index (χ2n) is 5.93. The predicted molar refractivity (Wildman–Crippen MR) is 84.6 cm³/mol. The number of aromatic nitrogens is 1. The van der Waals surface area contributed by atoms with Crippen LogP contribution < -0.4 is 4.73 Å². The Bertz CT molecular complexity index is 672. The number of hydrogen-bond acceptors (Lipinski definition) is 3. The van der Waals surface area contributed by atoms with Crippen LogP contribution in [-0.4, -0.2) is 23.9 Å². The molecule has 0 spiro atoms. The zero-order valence-corrected chi connectivity index (χ0v) is 13.3. The van der Waals surface area contributed by atoms with Crippen LogP contribution in [0.4, 0.5) is 0 Å². The van der Waals surface area contributed by atoms with Gasteiger partial charge in [-0.05, 0) is 36.8 Å². The van der Waals surface area contributed by atoms with Crippen LogP contribution >= 0.6 is 11.3 Å². The lowest BCUT2D eigenvalue weighted by Gasteiger charge is -2.25. The molecule has 1 amide bonds. The number of fused-ring (bicyclic) bond motifs is 1. The molecule has 3 heterocycles. The molecule has 112 valence electrons. The third kappa shape index (κ3) is 2.62. The number of rotatable bonds is 2. The van der Waals surface area contributed by atoms with E-state index in [4.69, 9.17) is 0 Å². The van der Waals surface area contributed by atoms with Crippen LogP contribution in [0.15, 0.2) is 18.3 Å². The lowest BCUT2D eigenvalue weighted by Crippen LogP contribution is -2.35. The largest absolute Gasteiger partial charge is 0.618 e. The number of amides is 1. The van der Waals surface area contributed by atoms with Crippen molar-refractivity contribution in [3.63, 3.8) is 0 Å². The molecule has 1 saturated heterocycles. The summed E-state index contributed by atoms with van der Waals surface area (Å²) in [5, 5.41) is 12.9. The SMILES string of the molecule is CC(C)c1cc[n+]([O-])c2sc(C(=O)N3CCCCC3)cc12. The number of likely N-dealkylation sites (tertiary alicyclic amines) is 1. The van der Waals surface area contributed by atoms with E-state index in [0.717, 1.165) is 41.6 Å². The molecule has 0 unspecified atom stereocenters.